The van der Waals surface area contributed by atoms with Crippen molar-refractivity contribution < 1.29 is 68.5 Å². The van der Waals surface area contributed by atoms with Crippen LogP contribution in [0.4, 0.5) is 0 Å². The van der Waals surface area contributed by atoms with E-state index in [1.54, 1.807) is 0 Å². The predicted octanol–water partition coefficient (Wildman–Crippen LogP) is 7.66. The van der Waals surface area contributed by atoms with Gasteiger partial charge in [-0.15, -0.1) is 0 Å². The fourth-order valence-electron chi connectivity index (χ4n) is 5.22. The SMILES string of the molecule is CCCCCCCCCCCCCCCCCCCCCC(CCCCCCCC)COS(=O)(=O)[O-].[K+]. The minimum Gasteiger partial charge on any atom is -0.726 e. The minimum atomic E-state index is -4.58. The number of unbranched alkanes of at least 4 members (excludes halogenated alkanes) is 23. The summed E-state index contributed by atoms with van der Waals surface area (Å²) in [6, 6.07) is 0. The van der Waals surface area contributed by atoms with Crippen molar-refractivity contribution in [2.24, 2.45) is 5.92 Å². The second-order valence-corrected chi connectivity index (χ2v) is 12.3. The van der Waals surface area contributed by atoms with Gasteiger partial charge in [0.15, 0.2) is 0 Å². The van der Waals surface area contributed by atoms with Crippen molar-refractivity contribution in [3.05, 3.63) is 0 Å². The van der Waals surface area contributed by atoms with Crippen molar-refractivity contribution in [1.29, 1.82) is 0 Å². The van der Waals surface area contributed by atoms with Gasteiger partial charge in [0.2, 0.25) is 10.4 Å². The smallest absolute Gasteiger partial charge is 0.726 e. The summed E-state index contributed by atoms with van der Waals surface area (Å²) in [7, 11) is -4.58. The molecular formula is C31H63KO4S. The largest absolute Gasteiger partial charge is 1.00 e. The number of hydrogen-bond acceptors (Lipinski definition) is 4. The molecule has 0 heterocycles. The molecule has 0 aliphatic carbocycles. The average molecular weight is 571 g/mol. The first-order valence-corrected chi connectivity index (χ1v) is 17.4. The standard InChI is InChI=1S/C31H64O4S.K/c1-3-5-7-9-11-12-13-14-15-16-17-18-19-20-21-22-23-25-27-29-31(30-35-36(32,33)34)28-26-24-10-8-6-4-2;/h31H,3-30H2,1-2H3,(H,32,33,34);/q;+1/p-1. The first kappa shape index (κ1) is 40.6. The van der Waals surface area contributed by atoms with Crippen LogP contribution in [0, 0.1) is 5.92 Å². The summed E-state index contributed by atoms with van der Waals surface area (Å²) in [4.78, 5) is 0. The Bertz CT molecular complexity index is 527. The Labute approximate surface area is 276 Å². The van der Waals surface area contributed by atoms with Gasteiger partial charge in [-0.1, -0.05) is 174 Å². The van der Waals surface area contributed by atoms with Gasteiger partial charge in [0.1, 0.15) is 0 Å². The second kappa shape index (κ2) is 32.0. The molecule has 1 unspecified atom stereocenters. The van der Waals surface area contributed by atoms with Gasteiger partial charge < -0.3 is 4.55 Å². The molecule has 1 atom stereocenters. The molecule has 0 amide bonds. The van der Waals surface area contributed by atoms with E-state index in [2.05, 4.69) is 18.0 Å². The zero-order chi connectivity index (χ0) is 26.6. The Kier molecular flexibility index (Phi) is 35.2. The minimum absolute atomic E-state index is 0. The van der Waals surface area contributed by atoms with E-state index in [9.17, 15) is 13.0 Å². The molecule has 0 saturated carbocycles. The van der Waals surface area contributed by atoms with Crippen LogP contribution in [0.25, 0.3) is 0 Å². The first-order valence-electron chi connectivity index (χ1n) is 16.1. The van der Waals surface area contributed by atoms with Gasteiger partial charge in [-0.05, 0) is 18.8 Å². The van der Waals surface area contributed by atoms with E-state index in [0.29, 0.717) is 0 Å². The van der Waals surface area contributed by atoms with Gasteiger partial charge in [0, 0.05) is 0 Å². The van der Waals surface area contributed by atoms with Crippen LogP contribution in [0.2, 0.25) is 0 Å². The fraction of sp³-hybridized carbons (Fsp3) is 1.00. The predicted molar refractivity (Wildman–Crippen MR) is 155 cm³/mol. The Morgan fingerprint density at radius 3 is 0.973 bits per heavy atom. The Morgan fingerprint density at radius 1 is 0.486 bits per heavy atom. The molecule has 0 bridgehead atoms. The van der Waals surface area contributed by atoms with E-state index in [-0.39, 0.29) is 63.9 Å². The molecule has 0 saturated heterocycles. The topological polar surface area (TPSA) is 66.4 Å². The molecule has 0 N–H and O–H groups in total. The Balaban J connectivity index is 0. The number of rotatable bonds is 30. The van der Waals surface area contributed by atoms with Crippen LogP contribution in [-0.2, 0) is 14.6 Å². The van der Waals surface area contributed by atoms with Crippen molar-refractivity contribution in [3.8, 4) is 0 Å². The zero-order valence-electron chi connectivity index (χ0n) is 25.4. The molecule has 0 aromatic rings. The van der Waals surface area contributed by atoms with Gasteiger partial charge in [-0.2, -0.15) is 0 Å². The molecular weight excluding hydrogens is 508 g/mol. The molecule has 4 nitrogen and oxygen atoms in total. The van der Waals surface area contributed by atoms with Crippen LogP contribution in [0.3, 0.4) is 0 Å². The monoisotopic (exact) mass is 570 g/mol. The average Bonchev–Trinajstić information content (AvgIpc) is 2.85. The molecule has 0 radical (unpaired) electrons. The molecule has 6 heteroatoms. The first-order chi connectivity index (χ1) is 17.5. The van der Waals surface area contributed by atoms with Crippen LogP contribution in [0.15, 0.2) is 0 Å². The van der Waals surface area contributed by atoms with E-state index in [0.717, 1.165) is 25.7 Å². The van der Waals surface area contributed by atoms with E-state index in [1.807, 2.05) is 0 Å². The van der Waals surface area contributed by atoms with Gasteiger partial charge in [-0.25, -0.2) is 8.42 Å². The van der Waals surface area contributed by atoms with Crippen molar-refractivity contribution >= 4 is 10.4 Å². The zero-order valence-corrected chi connectivity index (χ0v) is 29.4. The Hall–Kier alpha value is 1.51. The summed E-state index contributed by atoms with van der Waals surface area (Å²) in [6.45, 7) is 4.57. The van der Waals surface area contributed by atoms with Crippen LogP contribution >= 0.6 is 0 Å². The molecule has 37 heavy (non-hydrogen) atoms. The summed E-state index contributed by atoms with van der Waals surface area (Å²) in [6.07, 6.45) is 35.4. The summed E-state index contributed by atoms with van der Waals surface area (Å²) in [5, 5.41) is 0. The molecule has 0 aliphatic rings. The maximum Gasteiger partial charge on any atom is 1.00 e. The summed E-state index contributed by atoms with van der Waals surface area (Å²) >= 11 is 0. The van der Waals surface area contributed by atoms with Crippen molar-refractivity contribution in [2.45, 2.75) is 187 Å². The maximum atomic E-state index is 10.9. The molecule has 0 aromatic heterocycles. The van der Waals surface area contributed by atoms with Crippen molar-refractivity contribution in [3.63, 3.8) is 0 Å². The van der Waals surface area contributed by atoms with Crippen LogP contribution in [0.5, 0.6) is 0 Å². The molecule has 0 fully saturated rings. The third-order valence-electron chi connectivity index (χ3n) is 7.63. The Morgan fingerprint density at radius 2 is 0.730 bits per heavy atom. The van der Waals surface area contributed by atoms with Crippen LogP contribution in [-0.4, -0.2) is 19.6 Å². The van der Waals surface area contributed by atoms with E-state index < -0.39 is 10.4 Å². The molecule has 0 aromatic carbocycles. The summed E-state index contributed by atoms with van der Waals surface area (Å²) < 4.78 is 37.2. The van der Waals surface area contributed by atoms with Gasteiger partial charge in [0.05, 0.1) is 6.61 Å². The number of hydrogen-bond donors (Lipinski definition) is 0. The van der Waals surface area contributed by atoms with E-state index in [4.69, 9.17) is 0 Å². The van der Waals surface area contributed by atoms with Crippen LogP contribution < -0.4 is 51.4 Å². The normalized spacial score (nSPS) is 12.5. The second-order valence-electron chi connectivity index (χ2n) is 11.3. The molecule has 218 valence electrons. The van der Waals surface area contributed by atoms with Crippen molar-refractivity contribution in [2.75, 3.05) is 6.61 Å². The third-order valence-corrected chi connectivity index (χ3v) is 8.05. The third kappa shape index (κ3) is 35.5. The van der Waals surface area contributed by atoms with Gasteiger partial charge >= 0.3 is 51.4 Å². The van der Waals surface area contributed by atoms with E-state index in [1.165, 1.54) is 148 Å². The van der Waals surface area contributed by atoms with Crippen molar-refractivity contribution in [1.82, 2.24) is 0 Å². The molecule has 0 rings (SSSR count). The quantitative estimate of drug-likeness (QED) is 0.0385. The summed E-state index contributed by atoms with van der Waals surface area (Å²) in [5.74, 6) is 0.200. The van der Waals surface area contributed by atoms with Gasteiger partial charge in [0.25, 0.3) is 0 Å². The van der Waals surface area contributed by atoms with E-state index >= 15 is 0 Å². The van der Waals surface area contributed by atoms with Gasteiger partial charge in [-0.3, -0.25) is 4.18 Å². The molecule has 0 spiro atoms. The fourth-order valence-corrected chi connectivity index (χ4v) is 5.57. The summed E-state index contributed by atoms with van der Waals surface area (Å²) in [5.41, 5.74) is 0. The molecule has 0 aliphatic heterocycles. The maximum absolute atomic E-state index is 10.9. The van der Waals surface area contributed by atoms with Crippen LogP contribution in [0.1, 0.15) is 187 Å².